The Morgan fingerprint density at radius 3 is 2.30 bits per heavy atom. The van der Waals surface area contributed by atoms with Crippen molar-refractivity contribution in [3.8, 4) is 0 Å². The Hall–Kier alpha value is -1.93. The molecule has 2 aromatic rings. The second-order valence-electron chi connectivity index (χ2n) is 4.59. The van der Waals surface area contributed by atoms with Gasteiger partial charge in [-0.3, -0.25) is 4.79 Å². The van der Waals surface area contributed by atoms with Crippen molar-refractivity contribution >= 4 is 44.7 Å². The lowest BCUT2D eigenvalue weighted by molar-refractivity contribution is -0.137. The standard InChI is InChI=1S/C15H10BrF3N2OS/c16-9-5-8(15(17,18)19)6-10(7-9)21-14(23)12-4-2-1-3-11(12)13(20)22/h1-7H,(H2,20,22)(H,21,23). The zero-order valence-corrected chi connectivity index (χ0v) is 13.8. The van der Waals surface area contributed by atoms with Crippen molar-refractivity contribution in [2.75, 3.05) is 5.32 Å². The van der Waals surface area contributed by atoms with Gasteiger partial charge in [0.15, 0.2) is 0 Å². The Bertz CT molecular complexity index is 778. The van der Waals surface area contributed by atoms with E-state index >= 15 is 0 Å². The van der Waals surface area contributed by atoms with E-state index in [4.69, 9.17) is 18.0 Å². The van der Waals surface area contributed by atoms with Crippen molar-refractivity contribution in [3.63, 3.8) is 0 Å². The number of amides is 1. The molecule has 0 saturated carbocycles. The van der Waals surface area contributed by atoms with Crippen LogP contribution < -0.4 is 11.1 Å². The zero-order chi connectivity index (χ0) is 17.2. The number of nitrogens with one attached hydrogen (secondary N) is 1. The molecule has 0 unspecified atom stereocenters. The predicted octanol–water partition coefficient (Wildman–Crippen LogP) is 4.35. The van der Waals surface area contributed by atoms with Gasteiger partial charge in [0.2, 0.25) is 5.91 Å². The van der Waals surface area contributed by atoms with E-state index in [9.17, 15) is 18.0 Å². The summed E-state index contributed by atoms with van der Waals surface area (Å²) in [6, 6.07) is 9.68. The van der Waals surface area contributed by atoms with Crippen LogP contribution in [0.5, 0.6) is 0 Å². The van der Waals surface area contributed by atoms with Gasteiger partial charge in [0.1, 0.15) is 4.99 Å². The Balaban J connectivity index is 2.35. The van der Waals surface area contributed by atoms with Gasteiger partial charge in [-0.05, 0) is 24.3 Å². The maximum Gasteiger partial charge on any atom is 0.416 e. The van der Waals surface area contributed by atoms with Gasteiger partial charge in [-0.2, -0.15) is 13.2 Å². The fourth-order valence-electron chi connectivity index (χ4n) is 1.92. The summed E-state index contributed by atoms with van der Waals surface area (Å²) in [5.74, 6) is -0.671. The molecule has 0 aliphatic carbocycles. The summed E-state index contributed by atoms with van der Waals surface area (Å²) in [7, 11) is 0. The molecule has 3 N–H and O–H groups in total. The van der Waals surface area contributed by atoms with Gasteiger partial charge >= 0.3 is 6.18 Å². The number of anilines is 1. The number of primary amides is 1. The Kier molecular flexibility index (Phi) is 5.06. The third kappa shape index (κ3) is 4.29. The summed E-state index contributed by atoms with van der Waals surface area (Å²) in [4.78, 5) is 11.5. The lowest BCUT2D eigenvalue weighted by Gasteiger charge is -2.14. The minimum atomic E-state index is -4.48. The predicted molar refractivity (Wildman–Crippen MR) is 89.4 cm³/mol. The Morgan fingerprint density at radius 2 is 1.74 bits per heavy atom. The van der Waals surface area contributed by atoms with E-state index in [0.29, 0.717) is 5.56 Å². The molecule has 0 aliphatic rings. The smallest absolute Gasteiger partial charge is 0.366 e. The SMILES string of the molecule is NC(=O)c1ccccc1C(=S)Nc1cc(Br)cc(C(F)(F)F)c1. The first-order valence-corrected chi connectivity index (χ1v) is 7.46. The second-order valence-corrected chi connectivity index (χ2v) is 5.91. The summed E-state index contributed by atoms with van der Waals surface area (Å²) >= 11 is 8.21. The highest BCUT2D eigenvalue weighted by molar-refractivity contribution is 9.10. The van der Waals surface area contributed by atoms with E-state index in [0.717, 1.165) is 12.1 Å². The number of benzene rings is 2. The number of thiocarbonyl (C=S) groups is 1. The maximum absolute atomic E-state index is 12.8. The molecule has 0 aromatic heterocycles. The lowest BCUT2D eigenvalue weighted by atomic mass is 10.1. The number of hydrogen-bond donors (Lipinski definition) is 2. The van der Waals surface area contributed by atoms with Crippen molar-refractivity contribution in [3.05, 3.63) is 63.6 Å². The molecule has 1 amide bonds. The molecule has 8 heteroatoms. The van der Waals surface area contributed by atoms with Crippen molar-refractivity contribution in [2.24, 2.45) is 5.73 Å². The molecule has 0 aliphatic heterocycles. The molecule has 0 spiro atoms. The van der Waals surface area contributed by atoms with E-state index in [2.05, 4.69) is 21.2 Å². The van der Waals surface area contributed by atoms with E-state index in [1.807, 2.05) is 0 Å². The first-order valence-electron chi connectivity index (χ1n) is 6.26. The molecule has 0 fully saturated rings. The van der Waals surface area contributed by atoms with Crippen LogP contribution in [0.15, 0.2) is 46.9 Å². The van der Waals surface area contributed by atoms with Crippen LogP contribution in [-0.4, -0.2) is 10.9 Å². The van der Waals surface area contributed by atoms with Crippen molar-refractivity contribution in [1.29, 1.82) is 0 Å². The Morgan fingerprint density at radius 1 is 1.13 bits per heavy atom. The Labute approximate surface area is 143 Å². The lowest BCUT2D eigenvalue weighted by Crippen LogP contribution is -2.19. The summed E-state index contributed by atoms with van der Waals surface area (Å²) < 4.78 is 38.8. The van der Waals surface area contributed by atoms with Crippen LogP contribution in [0.4, 0.5) is 18.9 Å². The highest BCUT2D eigenvalue weighted by atomic mass is 79.9. The van der Waals surface area contributed by atoms with Crippen LogP contribution in [0.3, 0.4) is 0 Å². The van der Waals surface area contributed by atoms with Gasteiger partial charge in [0.25, 0.3) is 0 Å². The maximum atomic E-state index is 12.8. The van der Waals surface area contributed by atoms with Gasteiger partial charge in [0.05, 0.1) is 5.56 Å². The van der Waals surface area contributed by atoms with Gasteiger partial charge in [-0.15, -0.1) is 0 Å². The molecule has 0 bridgehead atoms. The zero-order valence-electron chi connectivity index (χ0n) is 11.4. The average Bonchev–Trinajstić information content (AvgIpc) is 2.45. The third-order valence-corrected chi connectivity index (χ3v) is 3.70. The summed E-state index contributed by atoms with van der Waals surface area (Å²) in [5.41, 5.74) is 5.14. The molecule has 23 heavy (non-hydrogen) atoms. The fraction of sp³-hybridized carbons (Fsp3) is 0.0667. The molecular weight excluding hydrogens is 393 g/mol. The largest absolute Gasteiger partial charge is 0.416 e. The molecule has 2 aromatic carbocycles. The first-order chi connectivity index (χ1) is 10.7. The van der Waals surface area contributed by atoms with Crippen LogP contribution >= 0.6 is 28.1 Å². The number of carbonyl (C=O) groups is 1. The van der Waals surface area contributed by atoms with Gasteiger partial charge < -0.3 is 11.1 Å². The van der Waals surface area contributed by atoms with Gasteiger partial charge in [-0.1, -0.05) is 46.3 Å². The second kappa shape index (κ2) is 6.67. The number of rotatable bonds is 3. The average molecular weight is 403 g/mol. The van der Waals surface area contributed by atoms with E-state index in [-0.39, 0.29) is 20.7 Å². The van der Waals surface area contributed by atoms with Gasteiger partial charge in [0, 0.05) is 21.3 Å². The first kappa shape index (κ1) is 17.4. The summed E-state index contributed by atoms with van der Waals surface area (Å²) in [6.45, 7) is 0. The van der Waals surface area contributed by atoms with Crippen molar-refractivity contribution in [1.82, 2.24) is 0 Å². The van der Waals surface area contributed by atoms with Gasteiger partial charge in [-0.25, -0.2) is 0 Å². The molecule has 0 radical (unpaired) electrons. The number of hydrogen-bond acceptors (Lipinski definition) is 2. The fourth-order valence-corrected chi connectivity index (χ4v) is 2.71. The highest BCUT2D eigenvalue weighted by Gasteiger charge is 2.31. The number of alkyl halides is 3. The molecule has 0 saturated heterocycles. The molecule has 0 atom stereocenters. The molecule has 2 rings (SSSR count). The monoisotopic (exact) mass is 402 g/mol. The minimum Gasteiger partial charge on any atom is -0.366 e. The summed E-state index contributed by atoms with van der Waals surface area (Å²) in [5, 5.41) is 2.70. The van der Waals surface area contributed by atoms with E-state index in [1.165, 1.54) is 12.1 Å². The van der Waals surface area contributed by atoms with Crippen LogP contribution in [0.1, 0.15) is 21.5 Å². The minimum absolute atomic E-state index is 0.102. The molecular formula is C15H10BrF3N2OS. The van der Waals surface area contributed by atoms with Crippen LogP contribution in [0.25, 0.3) is 0 Å². The number of halogens is 4. The molecule has 120 valence electrons. The number of carbonyl (C=O) groups excluding carboxylic acids is 1. The topological polar surface area (TPSA) is 55.1 Å². The quantitative estimate of drug-likeness (QED) is 0.750. The third-order valence-electron chi connectivity index (χ3n) is 2.92. The normalized spacial score (nSPS) is 11.1. The van der Waals surface area contributed by atoms with E-state index in [1.54, 1.807) is 18.2 Å². The van der Waals surface area contributed by atoms with E-state index < -0.39 is 17.6 Å². The van der Waals surface area contributed by atoms with Crippen LogP contribution in [0.2, 0.25) is 0 Å². The van der Waals surface area contributed by atoms with Crippen LogP contribution in [-0.2, 0) is 6.18 Å². The molecule has 3 nitrogen and oxygen atoms in total. The highest BCUT2D eigenvalue weighted by Crippen LogP contribution is 2.33. The number of nitrogens with two attached hydrogens (primary N) is 1. The van der Waals surface area contributed by atoms with Crippen molar-refractivity contribution < 1.29 is 18.0 Å². The molecule has 0 heterocycles. The summed E-state index contributed by atoms with van der Waals surface area (Å²) in [6.07, 6.45) is -4.48. The van der Waals surface area contributed by atoms with Crippen LogP contribution in [0, 0.1) is 0 Å². The van der Waals surface area contributed by atoms with Crippen molar-refractivity contribution in [2.45, 2.75) is 6.18 Å².